The van der Waals surface area contributed by atoms with Gasteiger partial charge in [-0.3, -0.25) is 9.59 Å². The molecule has 1 heterocycles. The van der Waals surface area contributed by atoms with Crippen LogP contribution in [0.5, 0.6) is 0 Å². The Morgan fingerprint density at radius 3 is 2.36 bits per heavy atom. The van der Waals surface area contributed by atoms with E-state index < -0.39 is 32.8 Å². The van der Waals surface area contributed by atoms with Gasteiger partial charge in [-0.05, 0) is 25.2 Å². The van der Waals surface area contributed by atoms with Gasteiger partial charge >= 0.3 is 0 Å². The van der Waals surface area contributed by atoms with Crippen LogP contribution in [0.15, 0.2) is 0 Å². The van der Waals surface area contributed by atoms with E-state index in [0.29, 0.717) is 32.5 Å². The van der Waals surface area contributed by atoms with Crippen LogP contribution < -0.4 is 11.1 Å². The summed E-state index contributed by atoms with van der Waals surface area (Å²) in [6.45, 7) is 4.73. The van der Waals surface area contributed by atoms with Crippen molar-refractivity contribution in [3.05, 3.63) is 0 Å². The normalized spacial score (nSPS) is 18.1. The molecule has 0 saturated carbocycles. The van der Waals surface area contributed by atoms with E-state index >= 15 is 0 Å². The summed E-state index contributed by atoms with van der Waals surface area (Å²) in [5.41, 5.74) is 4.59. The molecule has 3 N–H and O–H groups in total. The predicted molar refractivity (Wildman–Crippen MR) is 82.8 cm³/mol. The quantitative estimate of drug-likeness (QED) is 0.640. The zero-order valence-corrected chi connectivity index (χ0v) is 14.1. The number of sulfone groups is 1. The average molecular weight is 334 g/mol. The molecule has 1 fully saturated rings. The Bertz CT molecular complexity index is 495. The molecule has 1 aliphatic rings. The summed E-state index contributed by atoms with van der Waals surface area (Å²) < 4.78 is 28.9. The van der Waals surface area contributed by atoms with Crippen molar-refractivity contribution in [2.75, 3.05) is 31.3 Å². The maximum atomic E-state index is 11.8. The lowest BCUT2D eigenvalue weighted by Crippen LogP contribution is -2.50. The lowest BCUT2D eigenvalue weighted by atomic mass is 9.79. The van der Waals surface area contributed by atoms with Gasteiger partial charge in [-0.1, -0.05) is 13.8 Å². The highest BCUT2D eigenvalue weighted by atomic mass is 32.2. The first-order chi connectivity index (χ1) is 10.2. The first-order valence-electron chi connectivity index (χ1n) is 7.52. The molecule has 2 amide bonds. The molecule has 7 nitrogen and oxygen atoms in total. The molecule has 1 saturated heterocycles. The van der Waals surface area contributed by atoms with Crippen LogP contribution in [0.25, 0.3) is 0 Å². The second kappa shape index (κ2) is 7.92. The summed E-state index contributed by atoms with van der Waals surface area (Å²) >= 11 is 0. The van der Waals surface area contributed by atoms with Gasteiger partial charge in [0.05, 0.1) is 11.2 Å². The summed E-state index contributed by atoms with van der Waals surface area (Å²) in [6, 6.07) is 0. The highest BCUT2D eigenvalue weighted by molar-refractivity contribution is 7.92. The Balaban J connectivity index is 2.52. The Morgan fingerprint density at radius 1 is 1.27 bits per heavy atom. The van der Waals surface area contributed by atoms with E-state index in [2.05, 4.69) is 5.32 Å². The summed E-state index contributed by atoms with van der Waals surface area (Å²) in [4.78, 5) is 23.5. The van der Waals surface area contributed by atoms with Crippen molar-refractivity contribution in [3.63, 3.8) is 0 Å². The molecule has 22 heavy (non-hydrogen) atoms. The van der Waals surface area contributed by atoms with Gasteiger partial charge in [-0.15, -0.1) is 0 Å². The van der Waals surface area contributed by atoms with Gasteiger partial charge in [-0.2, -0.15) is 0 Å². The van der Waals surface area contributed by atoms with Gasteiger partial charge in [0, 0.05) is 19.8 Å². The largest absolute Gasteiger partial charge is 0.381 e. The minimum atomic E-state index is -3.42. The molecule has 0 radical (unpaired) electrons. The fourth-order valence-electron chi connectivity index (χ4n) is 2.28. The minimum Gasteiger partial charge on any atom is -0.381 e. The van der Waals surface area contributed by atoms with Crippen LogP contribution in [0.4, 0.5) is 0 Å². The van der Waals surface area contributed by atoms with Crippen LogP contribution in [-0.4, -0.2) is 51.5 Å². The molecule has 0 aromatic rings. The van der Waals surface area contributed by atoms with Crippen molar-refractivity contribution < 1.29 is 22.7 Å². The molecule has 1 rings (SSSR count). The number of ether oxygens (including phenoxy) is 1. The summed E-state index contributed by atoms with van der Waals surface area (Å²) in [5, 5.41) is 2.54. The molecule has 0 atom stereocenters. The fraction of sp³-hybridized carbons (Fsp3) is 0.857. The molecular weight excluding hydrogens is 308 g/mol. The van der Waals surface area contributed by atoms with E-state index in [1.165, 1.54) is 0 Å². The second-order valence-electron chi connectivity index (χ2n) is 6.31. The molecule has 0 unspecified atom stereocenters. The monoisotopic (exact) mass is 334 g/mol. The number of amides is 2. The zero-order chi connectivity index (χ0) is 16.8. The smallest absolute Gasteiger partial charge is 0.235 e. The first kappa shape index (κ1) is 18.9. The molecule has 0 bridgehead atoms. The summed E-state index contributed by atoms with van der Waals surface area (Å²) in [5.74, 6) is -1.37. The zero-order valence-electron chi connectivity index (χ0n) is 13.3. The first-order valence-corrected chi connectivity index (χ1v) is 9.34. The second-order valence-corrected chi connectivity index (χ2v) is 8.49. The summed E-state index contributed by atoms with van der Waals surface area (Å²) in [7, 11) is -3.42. The predicted octanol–water partition coefficient (Wildman–Crippen LogP) is -0.154. The molecular formula is C14H26N2O5S. The third kappa shape index (κ3) is 5.92. The van der Waals surface area contributed by atoms with Gasteiger partial charge in [0.2, 0.25) is 11.8 Å². The van der Waals surface area contributed by atoms with Crippen LogP contribution in [0, 0.1) is 11.3 Å². The Kier molecular flexibility index (Phi) is 6.80. The Hall–Kier alpha value is -1.15. The highest BCUT2D eigenvalue weighted by Crippen LogP contribution is 2.29. The molecule has 128 valence electrons. The number of carbonyl (C=O) groups is 2. The van der Waals surface area contributed by atoms with Gasteiger partial charge in [0.25, 0.3) is 0 Å². The third-order valence-electron chi connectivity index (χ3n) is 3.95. The standard InChI is InChI=1S/C14H26N2O5S/c1-11(2)3-8-22(19,20)9-12(17)16-10-14(13(15)18)4-6-21-7-5-14/h11H,3-10H2,1-2H3,(H2,15,18)(H,16,17). The summed E-state index contributed by atoms with van der Waals surface area (Å²) in [6.07, 6.45) is 1.39. The van der Waals surface area contributed by atoms with E-state index in [0.717, 1.165) is 0 Å². The number of nitrogens with two attached hydrogens (primary N) is 1. The lowest BCUT2D eigenvalue weighted by molar-refractivity contribution is -0.133. The van der Waals surface area contributed by atoms with E-state index in [1.54, 1.807) is 0 Å². The van der Waals surface area contributed by atoms with Crippen molar-refractivity contribution in [3.8, 4) is 0 Å². The van der Waals surface area contributed by atoms with Crippen LogP contribution in [0.2, 0.25) is 0 Å². The minimum absolute atomic E-state index is 0.00705. The molecule has 8 heteroatoms. The lowest BCUT2D eigenvalue weighted by Gasteiger charge is -2.34. The molecule has 0 spiro atoms. The van der Waals surface area contributed by atoms with Gasteiger partial charge in [0.15, 0.2) is 9.84 Å². The average Bonchev–Trinajstić information content (AvgIpc) is 2.43. The number of nitrogens with one attached hydrogen (secondary N) is 1. The van der Waals surface area contributed by atoms with Crippen molar-refractivity contribution in [2.45, 2.75) is 33.1 Å². The van der Waals surface area contributed by atoms with Crippen molar-refractivity contribution in [1.82, 2.24) is 5.32 Å². The molecule has 0 aromatic heterocycles. The van der Waals surface area contributed by atoms with Crippen molar-refractivity contribution in [1.29, 1.82) is 0 Å². The van der Waals surface area contributed by atoms with Crippen LogP contribution in [0.3, 0.4) is 0 Å². The van der Waals surface area contributed by atoms with Gasteiger partial charge in [0.1, 0.15) is 5.75 Å². The van der Waals surface area contributed by atoms with E-state index in [-0.39, 0.29) is 18.2 Å². The number of primary amides is 1. The highest BCUT2D eigenvalue weighted by Gasteiger charge is 2.38. The fourth-order valence-corrected chi connectivity index (χ4v) is 3.75. The Labute approximate surface area is 131 Å². The maximum absolute atomic E-state index is 11.8. The maximum Gasteiger partial charge on any atom is 0.235 e. The molecule has 0 aliphatic carbocycles. The molecule has 0 aromatic carbocycles. The van der Waals surface area contributed by atoms with Crippen LogP contribution in [0.1, 0.15) is 33.1 Å². The number of hydrogen-bond donors (Lipinski definition) is 2. The number of carbonyl (C=O) groups excluding carboxylic acids is 2. The Morgan fingerprint density at radius 2 is 1.86 bits per heavy atom. The SMILES string of the molecule is CC(C)CCS(=O)(=O)CC(=O)NCC1(C(N)=O)CCOCC1. The van der Waals surface area contributed by atoms with Crippen LogP contribution in [-0.2, 0) is 24.2 Å². The third-order valence-corrected chi connectivity index (χ3v) is 5.51. The van der Waals surface area contributed by atoms with E-state index in [9.17, 15) is 18.0 Å². The van der Waals surface area contributed by atoms with Gasteiger partial charge < -0.3 is 15.8 Å². The number of hydrogen-bond acceptors (Lipinski definition) is 5. The van der Waals surface area contributed by atoms with E-state index in [4.69, 9.17) is 10.5 Å². The van der Waals surface area contributed by atoms with Crippen LogP contribution >= 0.6 is 0 Å². The van der Waals surface area contributed by atoms with Crippen molar-refractivity contribution >= 4 is 21.7 Å². The van der Waals surface area contributed by atoms with Crippen molar-refractivity contribution in [2.24, 2.45) is 17.1 Å². The molecule has 1 aliphatic heterocycles. The van der Waals surface area contributed by atoms with Gasteiger partial charge in [-0.25, -0.2) is 8.42 Å². The number of rotatable bonds is 8. The van der Waals surface area contributed by atoms with E-state index in [1.807, 2.05) is 13.8 Å². The topological polar surface area (TPSA) is 116 Å².